The number of hydrogen-bond acceptors (Lipinski definition) is 4. The Morgan fingerprint density at radius 1 is 1.40 bits per heavy atom. The Kier molecular flexibility index (Phi) is 5.92. The van der Waals surface area contributed by atoms with E-state index in [9.17, 15) is 4.79 Å². The average molecular weight is 294 g/mol. The van der Waals surface area contributed by atoms with Crippen LogP contribution in [0.1, 0.15) is 30.4 Å². The number of benzene rings is 1. The Balaban J connectivity index is 1.73. The molecule has 1 aliphatic heterocycles. The number of esters is 1. The molecule has 0 saturated carbocycles. The van der Waals surface area contributed by atoms with E-state index in [1.165, 1.54) is 17.5 Å². The van der Waals surface area contributed by atoms with Crippen LogP contribution in [0.4, 0.5) is 0 Å². The van der Waals surface area contributed by atoms with Crippen LogP contribution in [0.5, 0.6) is 0 Å². The maximum atomic E-state index is 11.8. The number of carbonyl (C=O) groups is 1. The second-order valence-electron chi connectivity index (χ2n) is 5.23. The summed E-state index contributed by atoms with van der Waals surface area (Å²) in [5.41, 5.74) is 2.41. The zero-order valence-electron chi connectivity index (χ0n) is 12.2. The first-order valence-electron chi connectivity index (χ1n) is 7.12. The molecule has 4 heteroatoms. The van der Waals surface area contributed by atoms with Gasteiger partial charge in [-0.15, -0.1) is 11.8 Å². The van der Waals surface area contributed by atoms with E-state index in [-0.39, 0.29) is 12.1 Å². The number of thioether (sulfide) groups is 1. The molecule has 20 heavy (non-hydrogen) atoms. The van der Waals surface area contributed by atoms with Crippen molar-refractivity contribution in [3.8, 4) is 0 Å². The van der Waals surface area contributed by atoms with Gasteiger partial charge in [-0.1, -0.05) is 17.7 Å². The number of aryl methyl sites for hydroxylation is 2. The predicted octanol–water partition coefficient (Wildman–Crippen LogP) is 3.51. The van der Waals surface area contributed by atoms with Gasteiger partial charge in [0.2, 0.25) is 0 Å². The van der Waals surface area contributed by atoms with Gasteiger partial charge in [-0.2, -0.15) is 0 Å². The smallest absolute Gasteiger partial charge is 0.316 e. The van der Waals surface area contributed by atoms with Crippen molar-refractivity contribution in [2.75, 3.05) is 19.0 Å². The van der Waals surface area contributed by atoms with Crippen LogP contribution >= 0.6 is 11.8 Å². The summed E-state index contributed by atoms with van der Waals surface area (Å²) in [6.45, 7) is 5.30. The Bertz CT molecular complexity index is 453. The van der Waals surface area contributed by atoms with Gasteiger partial charge in [-0.25, -0.2) is 0 Å². The van der Waals surface area contributed by atoms with Crippen LogP contribution in [0.15, 0.2) is 23.1 Å². The van der Waals surface area contributed by atoms with E-state index in [4.69, 9.17) is 9.47 Å². The van der Waals surface area contributed by atoms with Crippen molar-refractivity contribution in [2.45, 2.75) is 44.1 Å². The minimum Gasteiger partial charge on any atom is -0.462 e. The van der Waals surface area contributed by atoms with Gasteiger partial charge in [-0.3, -0.25) is 4.79 Å². The lowest BCUT2D eigenvalue weighted by Gasteiger charge is -2.22. The summed E-state index contributed by atoms with van der Waals surface area (Å²) in [5, 5.41) is 0. The van der Waals surface area contributed by atoms with Crippen LogP contribution in [0, 0.1) is 13.8 Å². The zero-order chi connectivity index (χ0) is 14.4. The van der Waals surface area contributed by atoms with E-state index in [1.54, 1.807) is 11.8 Å². The van der Waals surface area contributed by atoms with Crippen molar-refractivity contribution in [2.24, 2.45) is 0 Å². The van der Waals surface area contributed by atoms with Gasteiger partial charge in [0.05, 0.1) is 11.9 Å². The fourth-order valence-corrected chi connectivity index (χ4v) is 3.09. The fraction of sp³-hybridized carbons (Fsp3) is 0.562. The summed E-state index contributed by atoms with van der Waals surface area (Å²) < 4.78 is 10.8. The van der Waals surface area contributed by atoms with E-state index in [2.05, 4.69) is 32.0 Å². The quantitative estimate of drug-likeness (QED) is 0.615. The Hall–Kier alpha value is -1.00. The minimum atomic E-state index is -0.162. The molecule has 1 saturated heterocycles. The highest BCUT2D eigenvalue weighted by molar-refractivity contribution is 8.00. The summed E-state index contributed by atoms with van der Waals surface area (Å²) in [5.74, 6) is 0.196. The second kappa shape index (κ2) is 7.70. The third-order valence-electron chi connectivity index (χ3n) is 3.39. The molecule has 0 amide bonds. The summed E-state index contributed by atoms with van der Waals surface area (Å²) >= 11 is 1.54. The van der Waals surface area contributed by atoms with Crippen LogP contribution in [0.2, 0.25) is 0 Å². The van der Waals surface area contributed by atoms with Gasteiger partial charge in [0.1, 0.15) is 6.61 Å². The van der Waals surface area contributed by atoms with Gasteiger partial charge in [0.25, 0.3) is 0 Å². The normalized spacial score (nSPS) is 18.8. The molecule has 1 fully saturated rings. The summed E-state index contributed by atoms with van der Waals surface area (Å²) in [6, 6.07) is 6.27. The van der Waals surface area contributed by atoms with Crippen molar-refractivity contribution < 1.29 is 14.3 Å². The number of ether oxygens (including phenoxy) is 2. The maximum absolute atomic E-state index is 11.8. The molecule has 1 aromatic rings. The number of rotatable bonds is 5. The molecule has 1 heterocycles. The summed E-state index contributed by atoms with van der Waals surface area (Å²) in [7, 11) is 0. The topological polar surface area (TPSA) is 35.5 Å². The van der Waals surface area contributed by atoms with Crippen LogP contribution in [0.3, 0.4) is 0 Å². The molecule has 1 atom stereocenters. The van der Waals surface area contributed by atoms with E-state index in [1.807, 2.05) is 0 Å². The van der Waals surface area contributed by atoms with Crippen molar-refractivity contribution in [1.82, 2.24) is 0 Å². The van der Waals surface area contributed by atoms with Gasteiger partial charge in [0.15, 0.2) is 0 Å². The molecule has 0 N–H and O–H groups in total. The van der Waals surface area contributed by atoms with Crippen molar-refractivity contribution in [3.05, 3.63) is 29.3 Å². The molecule has 0 aromatic heterocycles. The highest BCUT2D eigenvalue weighted by Crippen LogP contribution is 2.23. The highest BCUT2D eigenvalue weighted by atomic mass is 32.2. The number of carbonyl (C=O) groups excluding carboxylic acids is 1. The third-order valence-corrected chi connectivity index (χ3v) is 4.52. The maximum Gasteiger partial charge on any atom is 0.316 e. The molecule has 2 rings (SSSR count). The average Bonchev–Trinajstić information content (AvgIpc) is 2.47. The van der Waals surface area contributed by atoms with Crippen molar-refractivity contribution >= 4 is 17.7 Å². The summed E-state index contributed by atoms with van der Waals surface area (Å²) in [6.07, 6.45) is 3.38. The Morgan fingerprint density at radius 3 is 3.00 bits per heavy atom. The number of hydrogen-bond donors (Lipinski definition) is 0. The first-order chi connectivity index (χ1) is 9.65. The fourth-order valence-electron chi connectivity index (χ4n) is 2.17. The lowest BCUT2D eigenvalue weighted by molar-refractivity contribution is -0.145. The van der Waals surface area contributed by atoms with Crippen LogP contribution in [-0.4, -0.2) is 31.0 Å². The van der Waals surface area contributed by atoms with E-state index in [0.29, 0.717) is 12.4 Å². The van der Waals surface area contributed by atoms with Crippen LogP contribution < -0.4 is 0 Å². The van der Waals surface area contributed by atoms with Gasteiger partial charge >= 0.3 is 5.97 Å². The molecule has 0 aliphatic carbocycles. The van der Waals surface area contributed by atoms with Gasteiger partial charge < -0.3 is 9.47 Å². The predicted molar refractivity (Wildman–Crippen MR) is 81.2 cm³/mol. The molecule has 110 valence electrons. The molecular weight excluding hydrogens is 272 g/mol. The lowest BCUT2D eigenvalue weighted by atomic mass is 10.1. The molecule has 1 unspecified atom stereocenters. The first-order valence-corrected chi connectivity index (χ1v) is 8.11. The molecule has 3 nitrogen and oxygen atoms in total. The molecule has 0 spiro atoms. The third kappa shape index (κ3) is 4.84. The van der Waals surface area contributed by atoms with Gasteiger partial charge in [0, 0.05) is 11.5 Å². The largest absolute Gasteiger partial charge is 0.462 e. The molecule has 0 bridgehead atoms. The van der Waals surface area contributed by atoms with Crippen LogP contribution in [-0.2, 0) is 14.3 Å². The molecular formula is C16H22O3S. The van der Waals surface area contributed by atoms with E-state index < -0.39 is 0 Å². The minimum absolute atomic E-state index is 0.0957. The van der Waals surface area contributed by atoms with Crippen molar-refractivity contribution in [1.29, 1.82) is 0 Å². The molecule has 1 aromatic carbocycles. The van der Waals surface area contributed by atoms with Crippen molar-refractivity contribution in [3.63, 3.8) is 0 Å². The van der Waals surface area contributed by atoms with Gasteiger partial charge in [-0.05, 0) is 44.7 Å². The monoisotopic (exact) mass is 294 g/mol. The molecule has 1 aliphatic rings. The SMILES string of the molecule is Cc1ccc(C)c(SCC(=O)OCC2CCCCO2)c1. The van der Waals surface area contributed by atoms with E-state index >= 15 is 0 Å². The Labute approximate surface area is 125 Å². The lowest BCUT2D eigenvalue weighted by Crippen LogP contribution is -2.26. The van der Waals surface area contributed by atoms with E-state index in [0.717, 1.165) is 24.3 Å². The molecule has 0 radical (unpaired) electrons. The second-order valence-corrected chi connectivity index (χ2v) is 6.25. The zero-order valence-corrected chi connectivity index (χ0v) is 13.0. The Morgan fingerprint density at radius 2 is 2.25 bits per heavy atom. The highest BCUT2D eigenvalue weighted by Gasteiger charge is 2.16. The van der Waals surface area contributed by atoms with Crippen LogP contribution in [0.25, 0.3) is 0 Å². The standard InChI is InChI=1S/C16H22O3S/c1-12-6-7-13(2)15(9-12)20-11-16(17)19-10-14-5-3-4-8-18-14/h6-7,9,14H,3-5,8,10-11H2,1-2H3. The first kappa shape index (κ1) is 15.4. The summed E-state index contributed by atoms with van der Waals surface area (Å²) in [4.78, 5) is 12.9.